The van der Waals surface area contributed by atoms with Gasteiger partial charge >= 0.3 is 0 Å². The van der Waals surface area contributed by atoms with Crippen LogP contribution in [0, 0.1) is 0 Å². The number of allylic oxidation sites excluding steroid dienone is 1. The van der Waals surface area contributed by atoms with Crippen LogP contribution in [0.1, 0.15) is 49.5 Å². The second kappa shape index (κ2) is 10.3. The third-order valence-electron chi connectivity index (χ3n) is 5.56. The van der Waals surface area contributed by atoms with Gasteiger partial charge in [0.2, 0.25) is 0 Å². The Hall–Kier alpha value is -2.32. The predicted octanol–water partition coefficient (Wildman–Crippen LogP) is 5.94. The first-order chi connectivity index (χ1) is 15.2. The first-order valence-corrected chi connectivity index (χ1v) is 12.4. The van der Waals surface area contributed by atoms with Crippen molar-refractivity contribution in [3.63, 3.8) is 0 Å². The molecule has 1 aliphatic rings. The Balaban J connectivity index is 1.47. The first-order valence-electron chi connectivity index (χ1n) is 10.6. The van der Waals surface area contributed by atoms with Crippen LogP contribution in [0.15, 0.2) is 41.4 Å². The summed E-state index contributed by atoms with van der Waals surface area (Å²) >= 11 is 3.32. The molecule has 1 saturated carbocycles. The van der Waals surface area contributed by atoms with Gasteiger partial charge in [-0.2, -0.15) is 0 Å². The Kier molecular flexibility index (Phi) is 7.29. The monoisotopic (exact) mass is 456 g/mol. The molecule has 0 bridgehead atoms. The van der Waals surface area contributed by atoms with E-state index in [-0.39, 0.29) is 0 Å². The molecule has 0 unspecified atom stereocenters. The fourth-order valence-electron chi connectivity index (χ4n) is 3.98. The lowest BCUT2D eigenvalue weighted by atomic mass is 9.89. The van der Waals surface area contributed by atoms with Crippen LogP contribution in [-0.2, 0) is 12.3 Å². The van der Waals surface area contributed by atoms with Gasteiger partial charge in [0, 0.05) is 29.2 Å². The minimum absolute atomic E-state index is 0.520. The molecular weight excluding hydrogens is 428 g/mol. The van der Waals surface area contributed by atoms with E-state index in [9.17, 15) is 0 Å². The van der Waals surface area contributed by atoms with Crippen LogP contribution in [0.5, 0.6) is 11.5 Å². The smallest absolute Gasteiger partial charge is 0.191 e. The van der Waals surface area contributed by atoms with E-state index in [1.54, 1.807) is 37.3 Å². The summed E-state index contributed by atoms with van der Waals surface area (Å²) in [5.74, 6) is 3.81. The van der Waals surface area contributed by atoms with Crippen molar-refractivity contribution in [2.45, 2.75) is 55.5 Å². The normalized spacial score (nSPS) is 14.5. The summed E-state index contributed by atoms with van der Waals surface area (Å²) in [4.78, 5) is 4.82. The van der Waals surface area contributed by atoms with Crippen LogP contribution in [0.25, 0.3) is 10.6 Å². The third-order valence-corrected chi connectivity index (χ3v) is 7.50. The zero-order valence-electron chi connectivity index (χ0n) is 18.0. The highest BCUT2D eigenvalue weighted by atomic mass is 32.2. The molecule has 164 valence electrons. The molecule has 8 heteroatoms. The van der Waals surface area contributed by atoms with Crippen molar-refractivity contribution in [3.8, 4) is 22.1 Å². The van der Waals surface area contributed by atoms with Gasteiger partial charge in [0.15, 0.2) is 16.7 Å². The minimum atomic E-state index is 0.520. The molecule has 1 fully saturated rings. The van der Waals surface area contributed by atoms with Crippen molar-refractivity contribution in [1.82, 2.24) is 19.7 Å². The predicted molar refractivity (Wildman–Crippen MR) is 126 cm³/mol. The molecule has 31 heavy (non-hydrogen) atoms. The maximum atomic E-state index is 5.42. The fraction of sp³-hybridized carbons (Fsp3) is 0.435. The topological polar surface area (TPSA) is 62.1 Å². The van der Waals surface area contributed by atoms with Gasteiger partial charge in [0.05, 0.1) is 19.9 Å². The van der Waals surface area contributed by atoms with E-state index in [0.717, 1.165) is 39.5 Å². The van der Waals surface area contributed by atoms with Gasteiger partial charge in [-0.3, -0.25) is 0 Å². The molecule has 2 aromatic heterocycles. The summed E-state index contributed by atoms with van der Waals surface area (Å²) in [5, 5.41) is 13.1. The van der Waals surface area contributed by atoms with Gasteiger partial charge in [-0.1, -0.05) is 37.1 Å². The van der Waals surface area contributed by atoms with Gasteiger partial charge in [-0.05, 0) is 31.0 Å². The Morgan fingerprint density at radius 2 is 1.97 bits per heavy atom. The molecule has 6 nitrogen and oxygen atoms in total. The number of hydrogen-bond donors (Lipinski definition) is 0. The summed E-state index contributed by atoms with van der Waals surface area (Å²) in [6.07, 6.45) is 8.25. The molecule has 0 amide bonds. The number of thioether (sulfide) groups is 1. The molecule has 1 aliphatic carbocycles. The van der Waals surface area contributed by atoms with Gasteiger partial charge in [-0.15, -0.1) is 28.1 Å². The standard InChI is InChI=1S/C23H28N4O2S2/c1-4-12-27-21(16-8-6-5-7-9-16)25-26-23(27)31-15-18-14-30-22(24-18)17-10-11-19(28-2)20(13-17)29-3/h4,10-11,13-14,16H,1,5-9,12,15H2,2-3H3. The molecule has 1 aromatic carbocycles. The molecule has 0 N–H and O–H groups in total. The number of ether oxygens (including phenoxy) is 2. The second-order valence-corrected chi connectivity index (χ2v) is 9.38. The Morgan fingerprint density at radius 1 is 1.16 bits per heavy atom. The van der Waals surface area contributed by atoms with Crippen LogP contribution < -0.4 is 9.47 Å². The molecule has 0 aliphatic heterocycles. The van der Waals surface area contributed by atoms with Crippen LogP contribution in [0.4, 0.5) is 0 Å². The number of nitrogens with zero attached hydrogens (tertiary/aromatic N) is 4. The van der Waals surface area contributed by atoms with Crippen LogP contribution in [0.3, 0.4) is 0 Å². The highest BCUT2D eigenvalue weighted by molar-refractivity contribution is 7.98. The van der Waals surface area contributed by atoms with Gasteiger partial charge in [0.25, 0.3) is 0 Å². The quantitative estimate of drug-likeness (QED) is 0.293. The van der Waals surface area contributed by atoms with E-state index in [0.29, 0.717) is 17.4 Å². The number of rotatable bonds is 9. The van der Waals surface area contributed by atoms with E-state index in [4.69, 9.17) is 14.5 Å². The van der Waals surface area contributed by atoms with Crippen molar-refractivity contribution in [2.24, 2.45) is 0 Å². The van der Waals surface area contributed by atoms with E-state index in [1.807, 2.05) is 24.3 Å². The van der Waals surface area contributed by atoms with E-state index in [2.05, 4.69) is 26.7 Å². The average molecular weight is 457 g/mol. The fourth-order valence-corrected chi connectivity index (χ4v) is 5.75. The summed E-state index contributed by atoms with van der Waals surface area (Å²) in [6.45, 7) is 4.67. The SMILES string of the molecule is C=CCn1c(SCc2csc(-c3ccc(OC)c(OC)c3)n2)nnc1C1CCCCC1. The highest BCUT2D eigenvalue weighted by Gasteiger charge is 2.23. The van der Waals surface area contributed by atoms with E-state index >= 15 is 0 Å². The van der Waals surface area contributed by atoms with E-state index in [1.165, 1.54) is 32.1 Å². The third kappa shape index (κ3) is 4.96. The highest BCUT2D eigenvalue weighted by Crippen LogP contribution is 2.36. The van der Waals surface area contributed by atoms with Gasteiger partial charge in [-0.25, -0.2) is 4.98 Å². The zero-order valence-corrected chi connectivity index (χ0v) is 19.7. The number of aromatic nitrogens is 4. The largest absolute Gasteiger partial charge is 0.493 e. The summed E-state index contributed by atoms with van der Waals surface area (Å²) < 4.78 is 13.0. The lowest BCUT2D eigenvalue weighted by Gasteiger charge is -2.21. The number of hydrogen-bond acceptors (Lipinski definition) is 7. The first kappa shape index (κ1) is 21.9. The van der Waals surface area contributed by atoms with Crippen molar-refractivity contribution < 1.29 is 9.47 Å². The lowest BCUT2D eigenvalue weighted by molar-refractivity contribution is 0.355. The van der Waals surface area contributed by atoms with Crippen LogP contribution in [-0.4, -0.2) is 34.0 Å². The molecule has 3 aromatic rings. The Bertz CT molecular complexity index is 1020. The molecular formula is C23H28N4O2S2. The maximum Gasteiger partial charge on any atom is 0.191 e. The number of methoxy groups -OCH3 is 2. The lowest BCUT2D eigenvalue weighted by Crippen LogP contribution is -2.12. The van der Waals surface area contributed by atoms with E-state index < -0.39 is 0 Å². The van der Waals surface area contributed by atoms with Crippen molar-refractivity contribution in [2.75, 3.05) is 14.2 Å². The molecule has 0 atom stereocenters. The number of thiazole rings is 1. The van der Waals surface area contributed by atoms with Crippen molar-refractivity contribution >= 4 is 23.1 Å². The molecule has 0 saturated heterocycles. The zero-order chi connectivity index (χ0) is 21.6. The molecule has 0 radical (unpaired) electrons. The molecule has 2 heterocycles. The van der Waals surface area contributed by atoms with Crippen molar-refractivity contribution in [3.05, 3.63) is 47.8 Å². The minimum Gasteiger partial charge on any atom is -0.493 e. The second-order valence-electron chi connectivity index (χ2n) is 7.58. The van der Waals surface area contributed by atoms with Gasteiger partial charge < -0.3 is 14.0 Å². The van der Waals surface area contributed by atoms with Gasteiger partial charge in [0.1, 0.15) is 10.8 Å². The van der Waals surface area contributed by atoms with Crippen molar-refractivity contribution in [1.29, 1.82) is 0 Å². The summed E-state index contributed by atoms with van der Waals surface area (Å²) in [5.41, 5.74) is 2.06. The Morgan fingerprint density at radius 3 is 2.71 bits per heavy atom. The average Bonchev–Trinajstić information content (AvgIpc) is 3.45. The van der Waals surface area contributed by atoms with Crippen LogP contribution >= 0.6 is 23.1 Å². The number of benzene rings is 1. The maximum absolute atomic E-state index is 5.42. The molecule has 0 spiro atoms. The van der Waals surface area contributed by atoms with Crippen LogP contribution in [0.2, 0.25) is 0 Å². The summed E-state index contributed by atoms with van der Waals surface area (Å²) in [6, 6.07) is 5.88. The summed E-state index contributed by atoms with van der Waals surface area (Å²) in [7, 11) is 3.29. The molecule has 4 rings (SSSR count). The Labute approximate surface area is 191 Å².